The average molecular weight is 801 g/mol. The molecule has 1 atom stereocenters. The minimum atomic E-state index is -0.840. The predicted octanol–water partition coefficient (Wildman–Crippen LogP) is 14.6. The van der Waals surface area contributed by atoms with E-state index in [1.54, 1.807) is 6.08 Å². The summed E-state index contributed by atoms with van der Waals surface area (Å²) in [6.07, 6.45) is 62.2. The van der Waals surface area contributed by atoms with E-state index in [2.05, 4.69) is 130 Å². The summed E-state index contributed by atoms with van der Waals surface area (Å²) in [5.74, 6) is -1.13. The van der Waals surface area contributed by atoms with Gasteiger partial charge in [0.15, 0.2) is 6.10 Å². The van der Waals surface area contributed by atoms with Crippen LogP contribution in [0.2, 0.25) is 0 Å². The first-order valence-electron chi connectivity index (χ1n) is 22.5. The SMILES string of the molecule is CC/C=C\C/C=C\C/C=C\C/C=C\CCCCCCCCC(=O)OCC(COC(=O)C/C=C\C/C=C\C/C=C\CC)OC(=O)CCCC/C=C\C/C=C\C/C=C\CC. The molecule has 6 heteroatoms. The second kappa shape index (κ2) is 45.5. The molecule has 0 bridgehead atoms. The predicted molar refractivity (Wildman–Crippen MR) is 246 cm³/mol. The number of hydrogen-bond acceptors (Lipinski definition) is 6. The maximum Gasteiger partial charge on any atom is 0.309 e. The molecule has 0 rings (SSSR count). The van der Waals surface area contributed by atoms with Gasteiger partial charge in [-0.2, -0.15) is 0 Å². The maximum absolute atomic E-state index is 12.7. The third kappa shape index (κ3) is 42.9. The summed E-state index contributed by atoms with van der Waals surface area (Å²) in [5.41, 5.74) is 0. The van der Waals surface area contributed by atoms with Gasteiger partial charge in [-0.15, -0.1) is 0 Å². The Kier molecular flexibility index (Phi) is 42.2. The Bertz CT molecular complexity index is 1290. The number of rotatable bonds is 38. The number of esters is 3. The zero-order valence-electron chi connectivity index (χ0n) is 36.8. The second-order valence-electron chi connectivity index (χ2n) is 14.2. The third-order valence-electron chi connectivity index (χ3n) is 8.73. The molecule has 0 aromatic rings. The van der Waals surface area contributed by atoms with E-state index in [9.17, 15) is 14.4 Å². The fourth-order valence-electron chi connectivity index (χ4n) is 5.45. The van der Waals surface area contributed by atoms with Gasteiger partial charge >= 0.3 is 17.9 Å². The van der Waals surface area contributed by atoms with Crippen molar-refractivity contribution < 1.29 is 28.6 Å². The van der Waals surface area contributed by atoms with Crippen LogP contribution < -0.4 is 0 Å². The highest BCUT2D eigenvalue weighted by atomic mass is 16.6. The second-order valence-corrected chi connectivity index (χ2v) is 14.2. The van der Waals surface area contributed by atoms with Crippen LogP contribution in [0, 0.1) is 0 Å². The van der Waals surface area contributed by atoms with E-state index in [1.807, 2.05) is 6.08 Å². The van der Waals surface area contributed by atoms with Crippen LogP contribution in [0.15, 0.2) is 122 Å². The highest BCUT2D eigenvalue weighted by molar-refractivity contribution is 5.72. The largest absolute Gasteiger partial charge is 0.462 e. The van der Waals surface area contributed by atoms with Crippen molar-refractivity contribution in [1.82, 2.24) is 0 Å². The quantitative estimate of drug-likeness (QED) is 0.0268. The van der Waals surface area contributed by atoms with Crippen molar-refractivity contribution in [2.45, 2.75) is 175 Å². The molecule has 0 aromatic carbocycles. The molecule has 0 aliphatic heterocycles. The first-order valence-corrected chi connectivity index (χ1v) is 22.5. The lowest BCUT2D eigenvalue weighted by molar-refractivity contribution is -0.166. The van der Waals surface area contributed by atoms with Gasteiger partial charge in [0.05, 0.1) is 6.42 Å². The summed E-state index contributed by atoms with van der Waals surface area (Å²) in [6, 6.07) is 0. The summed E-state index contributed by atoms with van der Waals surface area (Å²) in [7, 11) is 0. The zero-order chi connectivity index (χ0) is 42.3. The Morgan fingerprint density at radius 1 is 0.362 bits per heavy atom. The van der Waals surface area contributed by atoms with Crippen molar-refractivity contribution in [3.63, 3.8) is 0 Å². The van der Waals surface area contributed by atoms with Crippen LogP contribution in [0.1, 0.15) is 168 Å². The molecule has 1 unspecified atom stereocenters. The van der Waals surface area contributed by atoms with Gasteiger partial charge in [-0.3, -0.25) is 14.4 Å². The Morgan fingerprint density at radius 3 is 1.16 bits per heavy atom. The number of carbonyl (C=O) groups excluding carboxylic acids is 3. The minimum absolute atomic E-state index is 0.119. The zero-order valence-corrected chi connectivity index (χ0v) is 36.8. The molecule has 58 heavy (non-hydrogen) atoms. The van der Waals surface area contributed by atoms with Crippen molar-refractivity contribution in [3.05, 3.63) is 122 Å². The van der Waals surface area contributed by atoms with Gasteiger partial charge in [0.25, 0.3) is 0 Å². The Morgan fingerprint density at radius 2 is 0.690 bits per heavy atom. The summed E-state index contributed by atoms with van der Waals surface area (Å²) in [4.78, 5) is 37.6. The highest BCUT2D eigenvalue weighted by Crippen LogP contribution is 2.11. The Labute approximate surface area is 354 Å². The fourth-order valence-corrected chi connectivity index (χ4v) is 5.45. The summed E-state index contributed by atoms with van der Waals surface area (Å²) in [6.45, 7) is 6.10. The number of allylic oxidation sites excluding steroid dienone is 19. The van der Waals surface area contributed by atoms with Crippen LogP contribution in [0.3, 0.4) is 0 Å². The van der Waals surface area contributed by atoms with Crippen LogP contribution in [0.25, 0.3) is 0 Å². The molecule has 0 aliphatic rings. The van der Waals surface area contributed by atoms with E-state index in [0.29, 0.717) is 12.8 Å². The molecule has 0 amide bonds. The average Bonchev–Trinajstić information content (AvgIpc) is 3.22. The minimum Gasteiger partial charge on any atom is -0.462 e. The monoisotopic (exact) mass is 801 g/mol. The van der Waals surface area contributed by atoms with Gasteiger partial charge in [0, 0.05) is 12.8 Å². The van der Waals surface area contributed by atoms with Gasteiger partial charge < -0.3 is 14.2 Å². The molecule has 0 fully saturated rings. The number of unbranched alkanes of at least 4 members (excludes halogenated alkanes) is 8. The number of hydrogen-bond donors (Lipinski definition) is 0. The first kappa shape index (κ1) is 53.8. The lowest BCUT2D eigenvalue weighted by Crippen LogP contribution is -2.30. The molecule has 0 N–H and O–H groups in total. The molecule has 0 aliphatic carbocycles. The molecule has 0 saturated heterocycles. The Hall–Kier alpha value is -4.19. The standard InChI is InChI=1S/C52H80O6/c1-4-7-10-13-16-19-21-23-24-25-26-27-28-29-31-33-36-39-42-45-51(54)57-48-49(47-56-50(53)44-41-38-35-32-18-15-12-9-6-3)58-52(55)46-43-40-37-34-30-22-20-17-14-11-8-5-2/h7-12,16-20,23-24,26-27,30,32,34,38,41,49H,4-6,13-15,21-22,25,28-29,31,33,35-37,39-40,42-48H2,1-3H3/b10-7-,11-8-,12-9-,19-16-,20-17-,24-23-,27-26-,32-18-,34-30-,41-38-. The molecule has 0 saturated carbocycles. The van der Waals surface area contributed by atoms with Gasteiger partial charge in [0.1, 0.15) is 13.2 Å². The van der Waals surface area contributed by atoms with Crippen LogP contribution in [-0.2, 0) is 28.6 Å². The molecular weight excluding hydrogens is 721 g/mol. The van der Waals surface area contributed by atoms with Crippen molar-refractivity contribution in [2.24, 2.45) is 0 Å². The van der Waals surface area contributed by atoms with Crippen molar-refractivity contribution in [3.8, 4) is 0 Å². The van der Waals surface area contributed by atoms with Gasteiger partial charge in [-0.05, 0) is 103 Å². The van der Waals surface area contributed by atoms with Gasteiger partial charge in [0.2, 0.25) is 0 Å². The lowest BCUT2D eigenvalue weighted by Gasteiger charge is -2.18. The van der Waals surface area contributed by atoms with E-state index < -0.39 is 12.1 Å². The molecule has 0 heterocycles. The van der Waals surface area contributed by atoms with Crippen LogP contribution in [0.4, 0.5) is 0 Å². The normalized spacial score (nSPS) is 13.2. The topological polar surface area (TPSA) is 78.9 Å². The van der Waals surface area contributed by atoms with Crippen molar-refractivity contribution >= 4 is 17.9 Å². The van der Waals surface area contributed by atoms with Crippen molar-refractivity contribution in [1.29, 1.82) is 0 Å². The van der Waals surface area contributed by atoms with E-state index in [-0.39, 0.29) is 38.0 Å². The molecule has 0 spiro atoms. The van der Waals surface area contributed by atoms with E-state index in [0.717, 1.165) is 109 Å². The Balaban J connectivity index is 4.47. The lowest BCUT2D eigenvalue weighted by atomic mass is 10.1. The van der Waals surface area contributed by atoms with Crippen molar-refractivity contribution in [2.75, 3.05) is 13.2 Å². The van der Waals surface area contributed by atoms with Crippen LogP contribution >= 0.6 is 0 Å². The van der Waals surface area contributed by atoms with Crippen LogP contribution in [-0.4, -0.2) is 37.2 Å². The molecule has 0 radical (unpaired) electrons. The summed E-state index contributed by atoms with van der Waals surface area (Å²) >= 11 is 0. The van der Waals surface area contributed by atoms with Crippen LogP contribution in [0.5, 0.6) is 0 Å². The molecule has 324 valence electrons. The summed E-state index contributed by atoms with van der Waals surface area (Å²) < 4.78 is 16.5. The smallest absolute Gasteiger partial charge is 0.309 e. The van der Waals surface area contributed by atoms with Gasteiger partial charge in [-0.25, -0.2) is 0 Å². The number of carbonyl (C=O) groups is 3. The van der Waals surface area contributed by atoms with E-state index in [4.69, 9.17) is 14.2 Å². The maximum atomic E-state index is 12.7. The fraction of sp³-hybridized carbons (Fsp3) is 0.558. The third-order valence-corrected chi connectivity index (χ3v) is 8.73. The molecular formula is C52H80O6. The molecule has 0 aromatic heterocycles. The number of ether oxygens (including phenoxy) is 3. The highest BCUT2D eigenvalue weighted by Gasteiger charge is 2.19. The summed E-state index contributed by atoms with van der Waals surface area (Å²) in [5, 5.41) is 0. The van der Waals surface area contributed by atoms with E-state index >= 15 is 0 Å². The first-order chi connectivity index (χ1) is 28.5. The molecule has 6 nitrogen and oxygen atoms in total. The van der Waals surface area contributed by atoms with E-state index in [1.165, 1.54) is 12.8 Å². The van der Waals surface area contributed by atoms with Gasteiger partial charge in [-0.1, -0.05) is 168 Å².